The Labute approximate surface area is 155 Å². The zero-order valence-electron chi connectivity index (χ0n) is 13.7. The molecule has 3 aromatic rings. The quantitative estimate of drug-likeness (QED) is 0.511. The summed E-state index contributed by atoms with van der Waals surface area (Å²) < 4.78 is 2.01. The molecule has 0 radical (unpaired) electrons. The van der Waals surface area contributed by atoms with E-state index in [-0.39, 0.29) is 0 Å². The Morgan fingerprint density at radius 3 is 2.96 bits per heavy atom. The lowest BCUT2D eigenvalue weighted by atomic mass is 10.2. The fraction of sp³-hybridized carbons (Fsp3) is 0.235. The molecule has 8 heteroatoms. The van der Waals surface area contributed by atoms with Crippen molar-refractivity contribution in [1.82, 2.24) is 24.8 Å². The van der Waals surface area contributed by atoms with Crippen LogP contribution in [-0.2, 0) is 6.54 Å². The Morgan fingerprint density at radius 2 is 2.20 bits per heavy atom. The summed E-state index contributed by atoms with van der Waals surface area (Å²) in [6.45, 7) is 3.88. The molecule has 0 aliphatic carbocycles. The van der Waals surface area contributed by atoms with Crippen LogP contribution in [0.4, 0.5) is 5.82 Å². The number of aromatic nitrogens is 4. The van der Waals surface area contributed by atoms with Gasteiger partial charge in [0.1, 0.15) is 6.33 Å². The van der Waals surface area contributed by atoms with E-state index in [9.17, 15) is 0 Å². The van der Waals surface area contributed by atoms with E-state index in [0.29, 0.717) is 41.6 Å². The van der Waals surface area contributed by atoms with E-state index in [1.54, 1.807) is 0 Å². The number of rotatable bonds is 6. The number of anilines is 1. The number of fused-ring (bicyclic) bond motifs is 1. The van der Waals surface area contributed by atoms with Crippen molar-refractivity contribution >= 4 is 40.3 Å². The topological polar surface area (TPSA) is 81.7 Å². The first-order valence-corrected chi connectivity index (χ1v) is 8.84. The molecule has 0 saturated heterocycles. The van der Waals surface area contributed by atoms with Crippen LogP contribution in [0.15, 0.2) is 34.6 Å². The molecular weight excluding hydrogens is 356 g/mol. The largest absolute Gasteiger partial charge is 0.382 e. The summed E-state index contributed by atoms with van der Waals surface area (Å²) in [6.07, 6.45) is 6.72. The van der Waals surface area contributed by atoms with Crippen molar-refractivity contribution in [3.8, 4) is 12.3 Å². The summed E-state index contributed by atoms with van der Waals surface area (Å²) in [4.78, 5) is 14.0. The van der Waals surface area contributed by atoms with Crippen LogP contribution in [0, 0.1) is 19.3 Å². The number of nitrogens with zero attached hydrogens (tertiary/aromatic N) is 4. The van der Waals surface area contributed by atoms with Gasteiger partial charge in [0.2, 0.25) is 0 Å². The average Bonchev–Trinajstić information content (AvgIpc) is 2.90. The van der Waals surface area contributed by atoms with Crippen molar-refractivity contribution < 1.29 is 0 Å². The maximum absolute atomic E-state index is 6.17. The monoisotopic (exact) mass is 372 g/mol. The third-order valence-electron chi connectivity index (χ3n) is 3.49. The normalized spacial score (nSPS) is 10.9. The van der Waals surface area contributed by atoms with E-state index < -0.39 is 0 Å². The molecule has 0 atom stereocenters. The first-order chi connectivity index (χ1) is 12.1. The van der Waals surface area contributed by atoms with Gasteiger partial charge in [-0.3, -0.25) is 0 Å². The Bertz CT molecular complexity index is 926. The zero-order chi connectivity index (χ0) is 17.8. The van der Waals surface area contributed by atoms with Gasteiger partial charge in [0, 0.05) is 23.0 Å². The molecule has 2 heterocycles. The highest BCUT2D eigenvalue weighted by Crippen LogP contribution is 2.32. The average molecular weight is 373 g/mol. The molecule has 0 aliphatic heterocycles. The Balaban J connectivity index is 1.97. The van der Waals surface area contributed by atoms with Crippen LogP contribution in [0.2, 0.25) is 5.02 Å². The first kappa shape index (κ1) is 17.5. The van der Waals surface area contributed by atoms with Gasteiger partial charge in [0.25, 0.3) is 0 Å². The molecule has 128 valence electrons. The summed E-state index contributed by atoms with van der Waals surface area (Å²) in [5, 5.41) is 4.65. The maximum atomic E-state index is 6.17. The van der Waals surface area contributed by atoms with Gasteiger partial charge in [0.15, 0.2) is 22.1 Å². The van der Waals surface area contributed by atoms with Crippen molar-refractivity contribution in [2.24, 2.45) is 0 Å². The number of nitrogens with two attached hydrogens (primary N) is 1. The van der Waals surface area contributed by atoms with Gasteiger partial charge in [-0.15, -0.1) is 6.42 Å². The lowest BCUT2D eigenvalue weighted by Gasteiger charge is -2.09. The predicted octanol–water partition coefficient (Wildman–Crippen LogP) is 2.74. The summed E-state index contributed by atoms with van der Waals surface area (Å²) in [6, 6.07) is 5.89. The Morgan fingerprint density at radius 1 is 1.36 bits per heavy atom. The van der Waals surface area contributed by atoms with Crippen LogP contribution in [-0.4, -0.2) is 32.6 Å². The smallest absolute Gasteiger partial charge is 0.175 e. The number of hydrogen-bond donors (Lipinski definition) is 2. The second-order valence-electron chi connectivity index (χ2n) is 5.42. The lowest BCUT2D eigenvalue weighted by Crippen LogP contribution is -2.20. The van der Waals surface area contributed by atoms with Crippen molar-refractivity contribution in [2.75, 3.05) is 18.8 Å². The molecule has 0 amide bonds. The third kappa shape index (κ3) is 4.04. The molecule has 1 aromatic carbocycles. The van der Waals surface area contributed by atoms with E-state index in [1.165, 1.54) is 18.1 Å². The second kappa shape index (κ2) is 7.74. The van der Waals surface area contributed by atoms with Crippen LogP contribution < -0.4 is 11.1 Å². The predicted molar refractivity (Wildman–Crippen MR) is 102 cm³/mol. The number of terminal acetylenes is 1. The van der Waals surface area contributed by atoms with Gasteiger partial charge in [-0.2, -0.15) is 0 Å². The molecular formula is C17H17ClN6S. The van der Waals surface area contributed by atoms with Crippen molar-refractivity contribution in [2.45, 2.75) is 23.5 Å². The fourth-order valence-electron chi connectivity index (χ4n) is 2.43. The number of nitrogens with one attached hydrogen (secondary N) is 1. The number of benzene rings is 1. The maximum Gasteiger partial charge on any atom is 0.175 e. The van der Waals surface area contributed by atoms with E-state index in [2.05, 4.69) is 32.3 Å². The third-order valence-corrected chi connectivity index (χ3v) is 4.67. The van der Waals surface area contributed by atoms with Crippen LogP contribution in [0.5, 0.6) is 0 Å². The van der Waals surface area contributed by atoms with Crippen molar-refractivity contribution in [1.29, 1.82) is 0 Å². The Kier molecular flexibility index (Phi) is 5.43. The van der Waals surface area contributed by atoms with Crippen LogP contribution in [0.3, 0.4) is 0 Å². The first-order valence-electron chi connectivity index (χ1n) is 7.64. The van der Waals surface area contributed by atoms with E-state index in [4.69, 9.17) is 23.8 Å². The van der Waals surface area contributed by atoms with Crippen LogP contribution in [0.1, 0.15) is 5.56 Å². The number of imidazole rings is 1. The summed E-state index contributed by atoms with van der Waals surface area (Å²) in [5.74, 6) is 2.92. The molecule has 3 N–H and O–H groups in total. The van der Waals surface area contributed by atoms with E-state index in [0.717, 1.165) is 15.6 Å². The molecule has 3 rings (SSSR count). The highest BCUT2D eigenvalue weighted by molar-refractivity contribution is 7.99. The lowest BCUT2D eigenvalue weighted by molar-refractivity contribution is 0.599. The van der Waals surface area contributed by atoms with Crippen molar-refractivity contribution in [3.63, 3.8) is 0 Å². The minimum Gasteiger partial charge on any atom is -0.382 e. The molecule has 2 aromatic heterocycles. The van der Waals surface area contributed by atoms with Gasteiger partial charge in [-0.25, -0.2) is 15.0 Å². The van der Waals surface area contributed by atoms with Crippen LogP contribution in [0.25, 0.3) is 11.2 Å². The SMILES string of the molecule is C#CCNCCn1c(Sc2cc(C)cc(Cl)c2)nc2c(N)ncnc21. The minimum absolute atomic E-state index is 0.365. The zero-order valence-corrected chi connectivity index (χ0v) is 15.2. The minimum atomic E-state index is 0.365. The number of hydrogen-bond acceptors (Lipinski definition) is 6. The molecule has 0 bridgehead atoms. The van der Waals surface area contributed by atoms with E-state index in [1.807, 2.05) is 23.6 Å². The van der Waals surface area contributed by atoms with Gasteiger partial charge in [0.05, 0.1) is 6.54 Å². The molecule has 0 saturated carbocycles. The number of halogens is 1. The van der Waals surface area contributed by atoms with Gasteiger partial charge in [-0.1, -0.05) is 29.3 Å². The van der Waals surface area contributed by atoms with E-state index >= 15 is 0 Å². The van der Waals surface area contributed by atoms with Crippen LogP contribution >= 0.6 is 23.4 Å². The van der Waals surface area contributed by atoms with Gasteiger partial charge < -0.3 is 15.6 Å². The summed E-state index contributed by atoms with van der Waals surface area (Å²) in [5.41, 5.74) is 8.35. The number of nitrogen functional groups attached to an aromatic ring is 1. The fourth-order valence-corrected chi connectivity index (χ4v) is 3.85. The highest BCUT2D eigenvalue weighted by Gasteiger charge is 2.16. The van der Waals surface area contributed by atoms with Gasteiger partial charge >= 0.3 is 0 Å². The molecule has 0 fully saturated rings. The molecule has 0 aliphatic rings. The molecule has 0 spiro atoms. The number of aryl methyl sites for hydroxylation is 1. The molecule has 25 heavy (non-hydrogen) atoms. The molecule has 0 unspecified atom stereocenters. The standard InChI is InChI=1S/C17H17ClN6S/c1-3-4-20-5-6-24-16-14(15(19)21-10-22-16)23-17(24)25-13-8-11(2)7-12(18)9-13/h1,7-10,20H,4-6H2,2H3,(H2,19,21,22). The second-order valence-corrected chi connectivity index (χ2v) is 6.90. The Hall–Kier alpha value is -2.27. The highest BCUT2D eigenvalue weighted by atomic mass is 35.5. The molecule has 6 nitrogen and oxygen atoms in total. The summed E-state index contributed by atoms with van der Waals surface area (Å²) in [7, 11) is 0. The summed E-state index contributed by atoms with van der Waals surface area (Å²) >= 11 is 7.68. The van der Waals surface area contributed by atoms with Gasteiger partial charge in [-0.05, 0) is 30.7 Å². The van der Waals surface area contributed by atoms with Crippen molar-refractivity contribution in [3.05, 3.63) is 35.1 Å².